The van der Waals surface area contributed by atoms with Crippen molar-refractivity contribution in [1.29, 1.82) is 5.26 Å². The molecule has 0 saturated carbocycles. The van der Waals surface area contributed by atoms with E-state index in [1.54, 1.807) is 0 Å². The van der Waals surface area contributed by atoms with E-state index in [9.17, 15) is 23.3 Å². The third-order valence-electron chi connectivity index (χ3n) is 4.56. The third-order valence-corrected chi connectivity index (χ3v) is 4.56. The zero-order chi connectivity index (χ0) is 23.0. The molecule has 4 aromatic rings. The summed E-state index contributed by atoms with van der Waals surface area (Å²) in [5, 5.41) is 20.5. The number of aromatic nitrogens is 5. The van der Waals surface area contributed by atoms with Gasteiger partial charge in [-0.15, -0.1) is 0 Å². The highest BCUT2D eigenvalue weighted by Gasteiger charge is 2.39. The van der Waals surface area contributed by atoms with Gasteiger partial charge in [0.05, 0.1) is 40.7 Å². The molecule has 0 radical (unpaired) electrons. The first kappa shape index (κ1) is 20.7. The number of alkyl halides is 3. The van der Waals surface area contributed by atoms with Crippen LogP contribution in [0.4, 0.5) is 24.8 Å². The van der Waals surface area contributed by atoms with Crippen LogP contribution in [0.1, 0.15) is 16.7 Å². The Morgan fingerprint density at radius 2 is 2.00 bits per heavy atom. The second-order valence-corrected chi connectivity index (χ2v) is 6.58. The Hall–Kier alpha value is -4.60. The van der Waals surface area contributed by atoms with Crippen LogP contribution in [0.2, 0.25) is 0 Å². The lowest BCUT2D eigenvalue weighted by atomic mass is 10.1. The van der Waals surface area contributed by atoms with Crippen molar-refractivity contribution in [2.75, 3.05) is 5.73 Å². The number of nitrogen functional groups attached to an aromatic ring is 1. The van der Waals surface area contributed by atoms with E-state index in [0.717, 1.165) is 6.07 Å². The molecule has 0 saturated heterocycles. The fourth-order valence-electron chi connectivity index (χ4n) is 3.23. The van der Waals surface area contributed by atoms with Crippen molar-refractivity contribution in [2.45, 2.75) is 12.7 Å². The van der Waals surface area contributed by atoms with Gasteiger partial charge in [-0.25, -0.2) is 9.97 Å². The van der Waals surface area contributed by atoms with Gasteiger partial charge in [0.25, 0.3) is 5.69 Å². The summed E-state index contributed by atoms with van der Waals surface area (Å²) in [5.41, 5.74) is 4.39. The minimum absolute atomic E-state index is 0.142. The normalized spacial score (nSPS) is 11.4. The SMILES string of the molecule is N#Cc1ccnc(-c2nc(N)nc3c2ncn3Cc2cccc(C(F)(F)F)c2[N+](=O)[O-])c1. The number of nitrogens with zero attached hydrogens (tertiary/aromatic N) is 7. The van der Waals surface area contributed by atoms with E-state index in [-0.39, 0.29) is 34.9 Å². The van der Waals surface area contributed by atoms with Crippen molar-refractivity contribution in [3.63, 3.8) is 0 Å². The molecule has 0 aliphatic rings. The number of halogens is 3. The summed E-state index contributed by atoms with van der Waals surface area (Å²) in [4.78, 5) is 26.9. The average Bonchev–Trinajstić information content (AvgIpc) is 3.14. The van der Waals surface area contributed by atoms with E-state index in [1.807, 2.05) is 6.07 Å². The topological polar surface area (TPSA) is 149 Å². The van der Waals surface area contributed by atoms with Gasteiger partial charge in [-0.05, 0) is 18.2 Å². The van der Waals surface area contributed by atoms with Gasteiger partial charge in [0, 0.05) is 6.20 Å². The molecule has 4 rings (SSSR count). The summed E-state index contributed by atoms with van der Waals surface area (Å²) >= 11 is 0. The zero-order valence-electron chi connectivity index (χ0n) is 15.9. The van der Waals surface area contributed by atoms with E-state index >= 15 is 0 Å². The number of nitro groups is 1. The van der Waals surface area contributed by atoms with Gasteiger partial charge in [-0.1, -0.05) is 12.1 Å². The fraction of sp³-hybridized carbons (Fsp3) is 0.105. The lowest BCUT2D eigenvalue weighted by Crippen LogP contribution is -2.12. The molecule has 0 aliphatic carbocycles. The summed E-state index contributed by atoms with van der Waals surface area (Å²) in [6.07, 6.45) is -2.23. The minimum atomic E-state index is -4.90. The Morgan fingerprint density at radius 3 is 2.69 bits per heavy atom. The van der Waals surface area contributed by atoms with E-state index in [2.05, 4.69) is 19.9 Å². The summed E-state index contributed by atoms with van der Waals surface area (Å²) in [6, 6.07) is 7.91. The molecule has 0 unspecified atom stereocenters. The Bertz CT molecular complexity index is 1410. The predicted octanol–water partition coefficient (Wildman–Crippen LogP) is 3.32. The maximum absolute atomic E-state index is 13.3. The summed E-state index contributed by atoms with van der Waals surface area (Å²) in [7, 11) is 0. The van der Waals surface area contributed by atoms with Crippen LogP contribution in [0, 0.1) is 21.4 Å². The molecule has 2 N–H and O–H groups in total. The fourth-order valence-corrected chi connectivity index (χ4v) is 3.23. The molecule has 10 nitrogen and oxygen atoms in total. The van der Waals surface area contributed by atoms with Crippen LogP contribution in [0.3, 0.4) is 0 Å². The molecule has 3 heterocycles. The van der Waals surface area contributed by atoms with Crippen LogP contribution in [0.15, 0.2) is 42.9 Å². The number of hydrogen-bond donors (Lipinski definition) is 1. The number of imidazole rings is 1. The van der Waals surface area contributed by atoms with E-state index in [4.69, 9.17) is 11.0 Å². The maximum Gasteiger partial charge on any atom is 0.423 e. The molecule has 0 spiro atoms. The van der Waals surface area contributed by atoms with Gasteiger partial charge in [0.1, 0.15) is 16.8 Å². The molecule has 0 aliphatic heterocycles. The molecule has 0 fully saturated rings. The molecule has 13 heteroatoms. The molecular formula is C19H11F3N8O2. The molecule has 160 valence electrons. The van der Waals surface area contributed by atoms with Gasteiger partial charge in [-0.3, -0.25) is 15.1 Å². The lowest BCUT2D eigenvalue weighted by molar-refractivity contribution is -0.388. The Kier molecular flexibility index (Phi) is 4.90. The average molecular weight is 440 g/mol. The van der Waals surface area contributed by atoms with E-state index < -0.39 is 22.4 Å². The summed E-state index contributed by atoms with van der Waals surface area (Å²) in [6.45, 7) is -0.321. The second kappa shape index (κ2) is 7.58. The van der Waals surface area contributed by atoms with Crippen LogP contribution in [-0.2, 0) is 12.7 Å². The van der Waals surface area contributed by atoms with Gasteiger partial charge in [0.2, 0.25) is 5.95 Å². The maximum atomic E-state index is 13.3. The monoisotopic (exact) mass is 440 g/mol. The first-order valence-electron chi connectivity index (χ1n) is 8.87. The van der Waals surface area contributed by atoms with Crippen LogP contribution in [-0.4, -0.2) is 29.4 Å². The number of benzene rings is 1. The Balaban J connectivity index is 1.86. The summed E-state index contributed by atoms with van der Waals surface area (Å²) < 4.78 is 41.2. The Morgan fingerprint density at radius 1 is 1.22 bits per heavy atom. The van der Waals surface area contributed by atoms with Gasteiger partial charge >= 0.3 is 6.18 Å². The van der Waals surface area contributed by atoms with Crippen molar-refractivity contribution < 1.29 is 18.1 Å². The van der Waals surface area contributed by atoms with Crippen molar-refractivity contribution >= 4 is 22.8 Å². The largest absolute Gasteiger partial charge is 0.423 e. The Labute approximate surface area is 177 Å². The first-order valence-corrected chi connectivity index (χ1v) is 8.87. The number of nitro benzene ring substituents is 1. The standard InChI is InChI=1S/C19H11F3N8O2/c20-19(21,22)12-3-1-2-11(16(12)30(31)32)8-29-9-26-15-14(27-18(24)28-17(15)29)13-6-10(7-23)4-5-25-13/h1-6,9H,8H2,(H2,24,27,28). The molecule has 32 heavy (non-hydrogen) atoms. The highest BCUT2D eigenvalue weighted by atomic mass is 19.4. The van der Waals surface area contributed by atoms with Crippen LogP contribution >= 0.6 is 0 Å². The molecule has 0 bridgehead atoms. The molecular weight excluding hydrogens is 429 g/mol. The summed E-state index contributed by atoms with van der Waals surface area (Å²) in [5.74, 6) is -0.169. The minimum Gasteiger partial charge on any atom is -0.368 e. The van der Waals surface area contributed by atoms with Gasteiger partial charge < -0.3 is 10.3 Å². The molecule has 1 aromatic carbocycles. The lowest BCUT2D eigenvalue weighted by Gasteiger charge is -2.11. The van der Waals surface area contributed by atoms with Crippen LogP contribution in [0.5, 0.6) is 0 Å². The molecule has 0 amide bonds. The first-order chi connectivity index (χ1) is 15.2. The van der Waals surface area contributed by atoms with Crippen molar-refractivity contribution in [3.8, 4) is 17.5 Å². The van der Waals surface area contributed by atoms with Crippen LogP contribution < -0.4 is 5.73 Å². The number of pyridine rings is 1. The molecule has 3 aromatic heterocycles. The highest BCUT2D eigenvalue weighted by Crippen LogP contribution is 2.38. The van der Waals surface area contributed by atoms with E-state index in [1.165, 1.54) is 35.3 Å². The molecule has 0 atom stereocenters. The number of para-hydroxylation sites is 1. The van der Waals surface area contributed by atoms with Crippen molar-refractivity contribution in [1.82, 2.24) is 24.5 Å². The van der Waals surface area contributed by atoms with Gasteiger partial charge in [0.15, 0.2) is 5.65 Å². The highest BCUT2D eigenvalue weighted by molar-refractivity contribution is 5.87. The number of nitrogens with two attached hydrogens (primary N) is 1. The predicted molar refractivity (Wildman–Crippen MR) is 105 cm³/mol. The van der Waals surface area contributed by atoms with Crippen LogP contribution in [0.25, 0.3) is 22.6 Å². The quantitative estimate of drug-likeness (QED) is 0.375. The number of fused-ring (bicyclic) bond motifs is 1. The number of rotatable bonds is 4. The van der Waals surface area contributed by atoms with Crippen molar-refractivity contribution in [3.05, 3.63) is 69.7 Å². The third kappa shape index (κ3) is 3.65. The van der Waals surface area contributed by atoms with Gasteiger partial charge in [-0.2, -0.15) is 23.4 Å². The second-order valence-electron chi connectivity index (χ2n) is 6.58. The number of anilines is 1. The smallest absolute Gasteiger partial charge is 0.368 e. The van der Waals surface area contributed by atoms with E-state index in [0.29, 0.717) is 17.3 Å². The zero-order valence-corrected chi connectivity index (χ0v) is 15.9. The van der Waals surface area contributed by atoms with Crippen molar-refractivity contribution in [2.24, 2.45) is 0 Å². The number of nitriles is 1. The number of hydrogen-bond acceptors (Lipinski definition) is 8.